The van der Waals surface area contributed by atoms with Crippen molar-refractivity contribution in [3.63, 3.8) is 0 Å². The molecule has 0 saturated heterocycles. The van der Waals surface area contributed by atoms with Crippen molar-refractivity contribution in [1.82, 2.24) is 5.32 Å². The second kappa shape index (κ2) is 6.45. The van der Waals surface area contributed by atoms with E-state index >= 15 is 0 Å². The Morgan fingerprint density at radius 3 is 2.44 bits per heavy atom. The molecule has 0 saturated carbocycles. The van der Waals surface area contributed by atoms with Gasteiger partial charge in [0, 0.05) is 6.04 Å². The highest BCUT2D eigenvalue weighted by atomic mass is 35.5. The van der Waals surface area contributed by atoms with E-state index in [2.05, 4.69) is 5.32 Å². The molecule has 0 amide bonds. The van der Waals surface area contributed by atoms with Crippen LogP contribution in [-0.4, -0.2) is 17.7 Å². The molecule has 4 heteroatoms. The van der Waals surface area contributed by atoms with E-state index in [1.165, 1.54) is 0 Å². The molecule has 0 spiro atoms. The van der Waals surface area contributed by atoms with E-state index in [4.69, 9.17) is 23.2 Å². The Labute approximate surface area is 107 Å². The van der Waals surface area contributed by atoms with E-state index in [0.717, 1.165) is 18.5 Å². The molecule has 0 aliphatic rings. The van der Waals surface area contributed by atoms with Gasteiger partial charge in [-0.15, -0.1) is 0 Å². The molecule has 0 bridgehead atoms. The Balaban J connectivity index is 2.85. The normalized spacial score (nSPS) is 14.8. The lowest BCUT2D eigenvalue weighted by Gasteiger charge is -2.23. The van der Waals surface area contributed by atoms with E-state index in [9.17, 15) is 5.11 Å². The van der Waals surface area contributed by atoms with Crippen LogP contribution in [-0.2, 0) is 0 Å². The van der Waals surface area contributed by atoms with E-state index in [1.54, 1.807) is 18.2 Å². The minimum Gasteiger partial charge on any atom is -0.387 e. The van der Waals surface area contributed by atoms with E-state index in [-0.39, 0.29) is 6.04 Å². The fourth-order valence-electron chi connectivity index (χ4n) is 1.67. The molecule has 1 aromatic rings. The summed E-state index contributed by atoms with van der Waals surface area (Å²) in [7, 11) is 0. The van der Waals surface area contributed by atoms with Crippen LogP contribution in [0.4, 0.5) is 0 Å². The van der Waals surface area contributed by atoms with E-state index in [0.29, 0.717) is 10.0 Å². The van der Waals surface area contributed by atoms with Crippen LogP contribution in [0.3, 0.4) is 0 Å². The van der Waals surface area contributed by atoms with Gasteiger partial charge in [0.1, 0.15) is 0 Å². The Morgan fingerprint density at radius 2 is 1.94 bits per heavy atom. The highest BCUT2D eigenvalue weighted by molar-refractivity contribution is 6.42. The lowest BCUT2D eigenvalue weighted by Crippen LogP contribution is -2.34. The highest BCUT2D eigenvalue weighted by Crippen LogP contribution is 2.27. The molecular formula is C12H17Cl2NO. The maximum Gasteiger partial charge on any atom is 0.0943 e. The number of aliphatic hydroxyl groups excluding tert-OH is 1. The summed E-state index contributed by atoms with van der Waals surface area (Å²) in [5.41, 5.74) is 0.794. The second-order valence-electron chi connectivity index (χ2n) is 3.69. The van der Waals surface area contributed by atoms with Gasteiger partial charge < -0.3 is 10.4 Å². The summed E-state index contributed by atoms with van der Waals surface area (Å²) in [4.78, 5) is 0. The van der Waals surface area contributed by atoms with Crippen molar-refractivity contribution in [1.29, 1.82) is 0 Å². The van der Waals surface area contributed by atoms with Crippen LogP contribution in [0.1, 0.15) is 31.9 Å². The molecule has 2 nitrogen and oxygen atoms in total. The summed E-state index contributed by atoms with van der Waals surface area (Å²) in [6.07, 6.45) is 0.301. The van der Waals surface area contributed by atoms with Crippen LogP contribution in [0.25, 0.3) is 0 Å². The van der Waals surface area contributed by atoms with Crippen molar-refractivity contribution in [2.45, 2.75) is 32.4 Å². The number of hydrogen-bond acceptors (Lipinski definition) is 2. The average Bonchev–Trinajstić information content (AvgIpc) is 2.28. The van der Waals surface area contributed by atoms with Crippen LogP contribution in [0.2, 0.25) is 10.0 Å². The zero-order chi connectivity index (χ0) is 12.1. The first-order valence-corrected chi connectivity index (χ1v) is 6.22. The summed E-state index contributed by atoms with van der Waals surface area (Å²) in [6.45, 7) is 4.88. The van der Waals surface area contributed by atoms with Gasteiger partial charge in [0.05, 0.1) is 16.1 Å². The van der Waals surface area contributed by atoms with Crippen LogP contribution < -0.4 is 5.32 Å². The van der Waals surface area contributed by atoms with Crippen LogP contribution >= 0.6 is 23.2 Å². The smallest absolute Gasteiger partial charge is 0.0943 e. The molecule has 90 valence electrons. The fourth-order valence-corrected chi connectivity index (χ4v) is 1.98. The zero-order valence-corrected chi connectivity index (χ0v) is 11.0. The van der Waals surface area contributed by atoms with Gasteiger partial charge in [-0.3, -0.25) is 0 Å². The summed E-state index contributed by atoms with van der Waals surface area (Å²) < 4.78 is 0. The number of aliphatic hydroxyl groups is 1. The summed E-state index contributed by atoms with van der Waals surface area (Å²) >= 11 is 11.8. The predicted molar refractivity (Wildman–Crippen MR) is 69.2 cm³/mol. The second-order valence-corrected chi connectivity index (χ2v) is 4.51. The van der Waals surface area contributed by atoms with Gasteiger partial charge >= 0.3 is 0 Å². The van der Waals surface area contributed by atoms with Gasteiger partial charge in [0.25, 0.3) is 0 Å². The lowest BCUT2D eigenvalue weighted by atomic mass is 10.0. The summed E-state index contributed by atoms with van der Waals surface area (Å²) in [5.74, 6) is 0. The predicted octanol–water partition coefficient (Wildman–Crippen LogP) is 3.41. The van der Waals surface area contributed by atoms with Crippen molar-refractivity contribution in [3.05, 3.63) is 33.8 Å². The number of likely N-dealkylation sites (N-methyl/N-ethyl adjacent to an activating group) is 1. The van der Waals surface area contributed by atoms with Crippen LogP contribution in [0.5, 0.6) is 0 Å². The first-order valence-electron chi connectivity index (χ1n) is 5.46. The first-order chi connectivity index (χ1) is 7.60. The third-order valence-electron chi connectivity index (χ3n) is 2.57. The third kappa shape index (κ3) is 3.36. The first kappa shape index (κ1) is 13.8. The molecule has 1 rings (SSSR count). The van der Waals surface area contributed by atoms with Gasteiger partial charge in [0.15, 0.2) is 0 Å². The average molecular weight is 262 g/mol. The number of rotatable bonds is 5. The topological polar surface area (TPSA) is 32.3 Å². The summed E-state index contributed by atoms with van der Waals surface area (Å²) in [6, 6.07) is 5.27. The van der Waals surface area contributed by atoms with E-state index in [1.807, 2.05) is 13.8 Å². The lowest BCUT2D eigenvalue weighted by molar-refractivity contribution is 0.127. The molecular weight excluding hydrogens is 245 g/mol. The highest BCUT2D eigenvalue weighted by Gasteiger charge is 2.18. The van der Waals surface area contributed by atoms with Crippen LogP contribution in [0, 0.1) is 0 Å². The van der Waals surface area contributed by atoms with E-state index < -0.39 is 6.10 Å². The molecule has 0 heterocycles. The molecule has 1 aromatic carbocycles. The minimum absolute atomic E-state index is 0.0437. The third-order valence-corrected chi connectivity index (χ3v) is 3.31. The molecule has 0 aliphatic heterocycles. The standard InChI is InChI=1S/C12H17Cl2NO/c1-3-11(15-4-2)12(16)8-5-6-9(13)10(14)7-8/h5-7,11-12,15-16H,3-4H2,1-2H3. The fraction of sp³-hybridized carbons (Fsp3) is 0.500. The molecule has 0 fully saturated rings. The Bertz CT molecular complexity index is 344. The molecule has 2 N–H and O–H groups in total. The maximum atomic E-state index is 10.2. The number of halogens is 2. The molecule has 0 aromatic heterocycles. The van der Waals surface area contributed by atoms with Crippen molar-refractivity contribution in [3.8, 4) is 0 Å². The maximum absolute atomic E-state index is 10.2. The summed E-state index contributed by atoms with van der Waals surface area (Å²) in [5, 5.41) is 14.4. The largest absolute Gasteiger partial charge is 0.387 e. The van der Waals surface area contributed by atoms with Crippen molar-refractivity contribution >= 4 is 23.2 Å². The molecule has 2 atom stereocenters. The number of hydrogen-bond donors (Lipinski definition) is 2. The van der Waals surface area contributed by atoms with Gasteiger partial charge in [-0.1, -0.05) is 43.1 Å². The van der Waals surface area contributed by atoms with Gasteiger partial charge in [-0.25, -0.2) is 0 Å². The molecule has 0 aliphatic carbocycles. The van der Waals surface area contributed by atoms with Gasteiger partial charge in [-0.05, 0) is 30.7 Å². The monoisotopic (exact) mass is 261 g/mol. The zero-order valence-electron chi connectivity index (χ0n) is 9.50. The molecule has 16 heavy (non-hydrogen) atoms. The Kier molecular flexibility index (Phi) is 5.56. The molecule has 0 radical (unpaired) electrons. The molecule has 2 unspecified atom stereocenters. The van der Waals surface area contributed by atoms with Crippen molar-refractivity contribution in [2.24, 2.45) is 0 Å². The van der Waals surface area contributed by atoms with Gasteiger partial charge in [-0.2, -0.15) is 0 Å². The van der Waals surface area contributed by atoms with Crippen molar-refractivity contribution < 1.29 is 5.11 Å². The quantitative estimate of drug-likeness (QED) is 0.852. The SMILES string of the molecule is CCNC(CC)C(O)c1ccc(Cl)c(Cl)c1. The number of nitrogens with one attached hydrogen (secondary N) is 1. The minimum atomic E-state index is -0.556. The number of benzene rings is 1. The Hall–Kier alpha value is -0.280. The Morgan fingerprint density at radius 1 is 1.25 bits per heavy atom. The van der Waals surface area contributed by atoms with Crippen molar-refractivity contribution in [2.75, 3.05) is 6.54 Å². The van der Waals surface area contributed by atoms with Gasteiger partial charge in [0.2, 0.25) is 0 Å². The van der Waals surface area contributed by atoms with Crippen LogP contribution in [0.15, 0.2) is 18.2 Å².